The first-order chi connectivity index (χ1) is 14.6. The number of anilines is 1. The molecule has 4 rings (SSSR count). The zero-order valence-electron chi connectivity index (χ0n) is 17.1. The number of halogens is 5. The molecule has 1 aromatic carbocycles. The van der Waals surface area contributed by atoms with E-state index in [0.29, 0.717) is 10.6 Å². The van der Waals surface area contributed by atoms with Crippen LogP contribution in [0.25, 0.3) is 0 Å². The second-order valence-electron chi connectivity index (χ2n) is 8.34. The van der Waals surface area contributed by atoms with Crippen LogP contribution >= 0.6 is 23.2 Å². The van der Waals surface area contributed by atoms with Crippen molar-refractivity contribution in [1.82, 2.24) is 14.7 Å². The van der Waals surface area contributed by atoms with Crippen LogP contribution in [0, 0.1) is 0 Å². The molecule has 168 valence electrons. The summed E-state index contributed by atoms with van der Waals surface area (Å²) in [6.07, 6.45) is -2.16. The molecular formula is C21H23Cl2F3N4O. The van der Waals surface area contributed by atoms with Crippen LogP contribution in [-0.4, -0.2) is 38.8 Å². The van der Waals surface area contributed by atoms with E-state index in [1.165, 1.54) is 0 Å². The number of rotatable bonds is 2. The molecule has 2 aliphatic rings. The number of piperidine rings is 1. The van der Waals surface area contributed by atoms with Crippen LogP contribution in [-0.2, 0) is 0 Å². The van der Waals surface area contributed by atoms with Crippen molar-refractivity contribution in [1.29, 1.82) is 0 Å². The highest BCUT2D eigenvalue weighted by Gasteiger charge is 2.48. The quantitative estimate of drug-likeness (QED) is 0.559. The summed E-state index contributed by atoms with van der Waals surface area (Å²) >= 11 is 12.4. The van der Waals surface area contributed by atoms with E-state index < -0.39 is 24.2 Å². The van der Waals surface area contributed by atoms with Gasteiger partial charge in [0.05, 0.1) is 6.04 Å². The SMILES string of the molecule is C[C@@H]1CCC[C@H](C)N1C(=O)c1nn2c(c1Cl)N[C@@H](c1ccc(Cl)cc1)C[C@H]2C(F)(F)F. The average Bonchev–Trinajstić information content (AvgIpc) is 3.03. The van der Waals surface area contributed by atoms with Gasteiger partial charge in [0, 0.05) is 23.5 Å². The summed E-state index contributed by atoms with van der Waals surface area (Å²) in [5, 5.41) is 7.55. The Kier molecular flexibility index (Phi) is 5.89. The van der Waals surface area contributed by atoms with Crippen LogP contribution in [0.2, 0.25) is 10.0 Å². The Labute approximate surface area is 188 Å². The minimum absolute atomic E-state index is 0.0101. The van der Waals surface area contributed by atoms with Crippen molar-refractivity contribution in [2.24, 2.45) is 0 Å². The molecule has 31 heavy (non-hydrogen) atoms. The molecule has 1 amide bonds. The first kappa shape index (κ1) is 22.3. The molecule has 0 bridgehead atoms. The Morgan fingerprint density at radius 2 is 1.74 bits per heavy atom. The molecule has 0 unspecified atom stereocenters. The van der Waals surface area contributed by atoms with Crippen molar-refractivity contribution < 1.29 is 18.0 Å². The highest BCUT2D eigenvalue weighted by atomic mass is 35.5. The summed E-state index contributed by atoms with van der Waals surface area (Å²) in [4.78, 5) is 14.9. The van der Waals surface area contributed by atoms with E-state index >= 15 is 0 Å². The lowest BCUT2D eigenvalue weighted by atomic mass is 9.96. The molecule has 0 spiro atoms. The van der Waals surface area contributed by atoms with E-state index in [0.717, 1.165) is 23.9 Å². The molecular weight excluding hydrogens is 452 g/mol. The standard InChI is InChI=1S/C21H23Cl2F3N4O/c1-11-4-3-5-12(2)29(11)20(31)18-17(23)19-27-15(13-6-8-14(22)9-7-13)10-16(21(24,25)26)30(19)28-18/h6-9,11-12,15-16,27H,3-5,10H2,1-2H3/t11-,12+,15-,16+/m1/s1. The maximum absolute atomic E-state index is 13.9. The zero-order chi connectivity index (χ0) is 22.5. The number of alkyl halides is 3. The smallest absolute Gasteiger partial charge is 0.362 e. The number of amides is 1. The summed E-state index contributed by atoms with van der Waals surface area (Å²) in [6.45, 7) is 3.87. The highest BCUT2D eigenvalue weighted by Crippen LogP contribution is 2.46. The van der Waals surface area contributed by atoms with E-state index in [-0.39, 0.29) is 35.0 Å². The van der Waals surface area contributed by atoms with Crippen LogP contribution in [0.15, 0.2) is 24.3 Å². The molecule has 0 saturated carbocycles. The molecule has 1 aromatic heterocycles. The number of fused-ring (bicyclic) bond motifs is 1. The molecule has 5 nitrogen and oxygen atoms in total. The van der Waals surface area contributed by atoms with Gasteiger partial charge in [-0.05, 0) is 50.8 Å². The number of likely N-dealkylation sites (tertiary alicyclic amines) is 1. The molecule has 0 aliphatic carbocycles. The maximum atomic E-state index is 13.9. The van der Waals surface area contributed by atoms with Crippen LogP contribution in [0.1, 0.15) is 67.7 Å². The molecule has 4 atom stereocenters. The van der Waals surface area contributed by atoms with Crippen LogP contribution in [0.5, 0.6) is 0 Å². The largest absolute Gasteiger partial charge is 0.410 e. The molecule has 2 aromatic rings. The number of hydrogen-bond donors (Lipinski definition) is 1. The van der Waals surface area contributed by atoms with Gasteiger partial charge >= 0.3 is 6.18 Å². The number of carbonyl (C=O) groups excluding carboxylic acids is 1. The lowest BCUT2D eigenvalue weighted by molar-refractivity contribution is -0.173. The van der Waals surface area contributed by atoms with Gasteiger partial charge in [0.1, 0.15) is 10.8 Å². The Balaban J connectivity index is 1.74. The summed E-state index contributed by atoms with van der Waals surface area (Å²) < 4.78 is 42.7. The maximum Gasteiger partial charge on any atom is 0.410 e. The Morgan fingerprint density at radius 3 is 2.32 bits per heavy atom. The van der Waals surface area contributed by atoms with Gasteiger partial charge in [-0.2, -0.15) is 18.3 Å². The molecule has 1 fully saturated rings. The predicted molar refractivity (Wildman–Crippen MR) is 114 cm³/mol. The van der Waals surface area contributed by atoms with Crippen LogP contribution in [0.4, 0.5) is 19.0 Å². The molecule has 1 saturated heterocycles. The van der Waals surface area contributed by atoms with Gasteiger partial charge in [-0.1, -0.05) is 35.3 Å². The molecule has 2 aliphatic heterocycles. The van der Waals surface area contributed by atoms with E-state index in [9.17, 15) is 18.0 Å². The first-order valence-corrected chi connectivity index (χ1v) is 11.0. The normalized spacial score (nSPS) is 26.4. The number of nitrogens with zero attached hydrogens (tertiary/aromatic N) is 3. The topological polar surface area (TPSA) is 50.2 Å². The number of hydrogen-bond acceptors (Lipinski definition) is 3. The fraction of sp³-hybridized carbons (Fsp3) is 0.524. The lowest BCUT2D eigenvalue weighted by Crippen LogP contribution is -2.47. The summed E-state index contributed by atoms with van der Waals surface area (Å²) in [5.74, 6) is -0.423. The fourth-order valence-electron chi connectivity index (χ4n) is 4.58. The second-order valence-corrected chi connectivity index (χ2v) is 9.15. The third-order valence-electron chi connectivity index (χ3n) is 6.20. The van der Waals surface area contributed by atoms with Gasteiger partial charge in [-0.3, -0.25) is 4.79 Å². The van der Waals surface area contributed by atoms with Crippen molar-refractivity contribution >= 4 is 34.9 Å². The third kappa shape index (κ3) is 4.12. The number of carbonyl (C=O) groups is 1. The third-order valence-corrected chi connectivity index (χ3v) is 6.81. The van der Waals surface area contributed by atoms with Crippen LogP contribution in [0.3, 0.4) is 0 Å². The number of aromatic nitrogens is 2. The van der Waals surface area contributed by atoms with Gasteiger partial charge < -0.3 is 10.2 Å². The van der Waals surface area contributed by atoms with Gasteiger partial charge in [0.15, 0.2) is 11.7 Å². The highest BCUT2D eigenvalue weighted by molar-refractivity contribution is 6.36. The number of nitrogens with one attached hydrogen (secondary N) is 1. The van der Waals surface area contributed by atoms with E-state index in [4.69, 9.17) is 23.2 Å². The number of benzene rings is 1. The molecule has 3 heterocycles. The Hall–Kier alpha value is -1.93. The summed E-state index contributed by atoms with van der Waals surface area (Å²) in [7, 11) is 0. The summed E-state index contributed by atoms with van der Waals surface area (Å²) in [6, 6.07) is 4.00. The van der Waals surface area contributed by atoms with Crippen LogP contribution < -0.4 is 5.32 Å². The van der Waals surface area contributed by atoms with Crippen molar-refractivity contribution in [2.45, 2.75) is 69.9 Å². The van der Waals surface area contributed by atoms with Crippen molar-refractivity contribution in [3.05, 3.63) is 45.6 Å². The van der Waals surface area contributed by atoms with E-state index in [2.05, 4.69) is 10.4 Å². The second kappa shape index (κ2) is 8.20. The van der Waals surface area contributed by atoms with Gasteiger partial charge in [-0.25, -0.2) is 4.68 Å². The van der Waals surface area contributed by atoms with Gasteiger partial charge in [-0.15, -0.1) is 0 Å². The van der Waals surface area contributed by atoms with Crippen molar-refractivity contribution in [3.8, 4) is 0 Å². The van der Waals surface area contributed by atoms with Crippen molar-refractivity contribution in [3.63, 3.8) is 0 Å². The zero-order valence-corrected chi connectivity index (χ0v) is 18.6. The molecule has 1 N–H and O–H groups in total. The van der Waals surface area contributed by atoms with E-state index in [1.807, 2.05) is 13.8 Å². The van der Waals surface area contributed by atoms with E-state index in [1.54, 1.807) is 29.2 Å². The predicted octanol–water partition coefficient (Wildman–Crippen LogP) is 6.25. The van der Waals surface area contributed by atoms with Gasteiger partial charge in [0.2, 0.25) is 0 Å². The van der Waals surface area contributed by atoms with Gasteiger partial charge in [0.25, 0.3) is 5.91 Å². The summed E-state index contributed by atoms with van der Waals surface area (Å²) in [5.41, 5.74) is 0.504. The van der Waals surface area contributed by atoms with Crippen molar-refractivity contribution in [2.75, 3.05) is 5.32 Å². The monoisotopic (exact) mass is 474 g/mol. The average molecular weight is 475 g/mol. The Morgan fingerprint density at radius 1 is 1.13 bits per heavy atom. The lowest BCUT2D eigenvalue weighted by Gasteiger charge is -2.38. The first-order valence-electron chi connectivity index (χ1n) is 10.3. The molecule has 10 heteroatoms. The fourth-order valence-corrected chi connectivity index (χ4v) is 4.97. The molecule has 0 radical (unpaired) electrons. The Bertz CT molecular complexity index is 966. The minimum Gasteiger partial charge on any atom is -0.362 e. The minimum atomic E-state index is -4.55.